The van der Waals surface area contributed by atoms with Crippen molar-refractivity contribution in [2.24, 2.45) is 5.41 Å². The molecule has 5 heteroatoms. The zero-order chi connectivity index (χ0) is 21.8. The Hall–Kier alpha value is -2.66. The lowest BCUT2D eigenvalue weighted by Gasteiger charge is -2.30. The van der Waals surface area contributed by atoms with Gasteiger partial charge in [0.2, 0.25) is 5.91 Å². The van der Waals surface area contributed by atoms with Gasteiger partial charge in [0.05, 0.1) is 5.41 Å². The van der Waals surface area contributed by atoms with Crippen molar-refractivity contribution >= 4 is 11.8 Å². The van der Waals surface area contributed by atoms with Crippen LogP contribution in [0.5, 0.6) is 0 Å². The summed E-state index contributed by atoms with van der Waals surface area (Å²) in [6.07, 6.45) is 2.62. The number of amides is 2. The molecule has 2 amide bonds. The highest BCUT2D eigenvalue weighted by atomic mass is 16.5. The Morgan fingerprint density at radius 1 is 1.13 bits per heavy atom. The average Bonchev–Trinajstić information content (AvgIpc) is 3.45. The largest absolute Gasteiger partial charge is 0.368 e. The summed E-state index contributed by atoms with van der Waals surface area (Å²) >= 11 is 0. The van der Waals surface area contributed by atoms with Crippen molar-refractivity contribution in [1.29, 1.82) is 0 Å². The van der Waals surface area contributed by atoms with Crippen molar-refractivity contribution in [1.82, 2.24) is 10.2 Å². The van der Waals surface area contributed by atoms with Crippen LogP contribution in [0.3, 0.4) is 0 Å². The summed E-state index contributed by atoms with van der Waals surface area (Å²) in [7, 11) is 0. The van der Waals surface area contributed by atoms with Crippen LogP contribution >= 0.6 is 0 Å². The summed E-state index contributed by atoms with van der Waals surface area (Å²) in [4.78, 5) is 28.3. The number of rotatable bonds is 6. The van der Waals surface area contributed by atoms with E-state index in [1.165, 1.54) is 0 Å². The third-order valence-electron chi connectivity index (χ3n) is 6.40. The van der Waals surface area contributed by atoms with Gasteiger partial charge in [-0.25, -0.2) is 0 Å². The zero-order valence-electron chi connectivity index (χ0n) is 18.5. The Balaban J connectivity index is 1.63. The van der Waals surface area contributed by atoms with Crippen LogP contribution in [0.2, 0.25) is 0 Å². The van der Waals surface area contributed by atoms with Crippen molar-refractivity contribution in [2.45, 2.75) is 51.7 Å². The minimum atomic E-state index is -0.635. The first-order valence-electron chi connectivity index (χ1n) is 11.3. The number of benzene rings is 2. The molecule has 2 heterocycles. The van der Waals surface area contributed by atoms with Crippen LogP contribution < -0.4 is 5.32 Å². The first-order chi connectivity index (χ1) is 15.0. The predicted molar refractivity (Wildman–Crippen MR) is 121 cm³/mol. The molecule has 0 bridgehead atoms. The summed E-state index contributed by atoms with van der Waals surface area (Å²) < 4.78 is 5.62. The summed E-state index contributed by atoms with van der Waals surface area (Å²) in [6, 6.07) is 18.6. The second kappa shape index (κ2) is 9.23. The van der Waals surface area contributed by atoms with Gasteiger partial charge in [-0.1, -0.05) is 54.6 Å². The molecule has 164 valence electrons. The van der Waals surface area contributed by atoms with E-state index in [1.807, 2.05) is 49.1 Å². The molecule has 2 aliphatic rings. The summed E-state index contributed by atoms with van der Waals surface area (Å²) in [6.45, 7) is 5.64. The van der Waals surface area contributed by atoms with E-state index < -0.39 is 5.41 Å². The van der Waals surface area contributed by atoms with Gasteiger partial charge >= 0.3 is 0 Å². The zero-order valence-corrected chi connectivity index (χ0v) is 18.5. The van der Waals surface area contributed by atoms with Gasteiger partial charge < -0.3 is 15.0 Å². The number of nitrogens with one attached hydrogen (secondary N) is 1. The van der Waals surface area contributed by atoms with Crippen molar-refractivity contribution in [3.8, 4) is 11.1 Å². The molecule has 2 saturated heterocycles. The summed E-state index contributed by atoms with van der Waals surface area (Å²) in [5.74, 6) is 0.0704. The fourth-order valence-electron chi connectivity index (χ4n) is 4.80. The quantitative estimate of drug-likeness (QED) is 0.773. The molecule has 4 rings (SSSR count). The third kappa shape index (κ3) is 4.67. The SMILES string of the molecule is CC(C)NC(=O)[C@]1(Cc2ccccc2-c2ccccc2)CCN(C(=O)[C@H]2CCCO2)C1. The van der Waals surface area contributed by atoms with Crippen LogP contribution in [0.4, 0.5) is 0 Å². The standard InChI is InChI=1S/C26H32N2O3/c1-19(2)27-25(30)26(14-15-28(18-26)24(29)23-13-8-16-31-23)17-21-11-6-7-12-22(21)20-9-4-3-5-10-20/h3-7,9-12,19,23H,8,13-18H2,1-2H3,(H,27,30)/t23-,26+/m1/s1. The lowest BCUT2D eigenvalue weighted by atomic mass is 9.78. The lowest BCUT2D eigenvalue weighted by molar-refractivity contribution is -0.141. The molecule has 5 nitrogen and oxygen atoms in total. The number of likely N-dealkylation sites (tertiary alicyclic amines) is 1. The van der Waals surface area contributed by atoms with E-state index in [1.54, 1.807) is 0 Å². The Labute approximate surface area is 184 Å². The van der Waals surface area contributed by atoms with Crippen LogP contribution in [0.25, 0.3) is 11.1 Å². The molecule has 0 saturated carbocycles. The van der Waals surface area contributed by atoms with Gasteiger partial charge in [0.15, 0.2) is 0 Å². The van der Waals surface area contributed by atoms with Crippen molar-refractivity contribution in [3.63, 3.8) is 0 Å². The minimum absolute atomic E-state index is 0.0352. The van der Waals surface area contributed by atoms with Crippen molar-refractivity contribution in [2.75, 3.05) is 19.7 Å². The van der Waals surface area contributed by atoms with Gasteiger partial charge in [-0.2, -0.15) is 0 Å². The molecule has 0 radical (unpaired) electrons. The molecule has 2 aliphatic heterocycles. The Bertz CT molecular complexity index is 921. The van der Waals surface area contributed by atoms with Gasteiger partial charge in [-0.15, -0.1) is 0 Å². The highest BCUT2D eigenvalue weighted by Gasteiger charge is 2.47. The fraction of sp³-hybridized carbons (Fsp3) is 0.462. The number of carbonyl (C=O) groups excluding carboxylic acids is 2. The fourth-order valence-corrected chi connectivity index (χ4v) is 4.80. The third-order valence-corrected chi connectivity index (χ3v) is 6.40. The predicted octanol–water partition coefficient (Wildman–Crippen LogP) is 3.82. The van der Waals surface area contributed by atoms with E-state index in [-0.39, 0.29) is 24.0 Å². The van der Waals surface area contributed by atoms with Crippen molar-refractivity contribution in [3.05, 3.63) is 60.2 Å². The Kier molecular flexibility index (Phi) is 6.42. The van der Waals surface area contributed by atoms with E-state index in [4.69, 9.17) is 4.74 Å². The van der Waals surface area contributed by atoms with E-state index in [0.717, 1.165) is 29.5 Å². The maximum atomic E-state index is 13.4. The maximum Gasteiger partial charge on any atom is 0.251 e. The van der Waals surface area contributed by atoms with Crippen LogP contribution in [0.1, 0.15) is 38.7 Å². The molecule has 0 unspecified atom stereocenters. The second-order valence-corrected chi connectivity index (χ2v) is 9.12. The van der Waals surface area contributed by atoms with Crippen LogP contribution in [-0.4, -0.2) is 48.6 Å². The molecule has 0 aliphatic carbocycles. The molecule has 2 aromatic rings. The number of carbonyl (C=O) groups is 2. The maximum absolute atomic E-state index is 13.4. The second-order valence-electron chi connectivity index (χ2n) is 9.12. The topological polar surface area (TPSA) is 58.6 Å². The number of nitrogens with zero attached hydrogens (tertiary/aromatic N) is 1. The molecule has 31 heavy (non-hydrogen) atoms. The van der Waals surface area contributed by atoms with Crippen LogP contribution in [0, 0.1) is 5.41 Å². The summed E-state index contributed by atoms with van der Waals surface area (Å²) in [5, 5.41) is 3.13. The van der Waals surface area contributed by atoms with E-state index >= 15 is 0 Å². The van der Waals surface area contributed by atoms with E-state index in [2.05, 4.69) is 29.6 Å². The lowest BCUT2D eigenvalue weighted by Crippen LogP contribution is -2.48. The normalized spacial score (nSPS) is 23.3. The van der Waals surface area contributed by atoms with Crippen LogP contribution in [0.15, 0.2) is 54.6 Å². The Morgan fingerprint density at radius 2 is 1.87 bits per heavy atom. The molecular weight excluding hydrogens is 388 g/mol. The molecule has 2 atom stereocenters. The number of ether oxygens (including phenoxy) is 1. The van der Waals surface area contributed by atoms with E-state index in [9.17, 15) is 9.59 Å². The first-order valence-corrected chi connectivity index (χ1v) is 11.3. The van der Waals surface area contributed by atoms with Gasteiger partial charge in [0.25, 0.3) is 5.91 Å². The molecule has 2 fully saturated rings. The van der Waals surface area contributed by atoms with Gasteiger partial charge in [0, 0.05) is 25.7 Å². The van der Waals surface area contributed by atoms with Crippen LogP contribution in [-0.2, 0) is 20.7 Å². The minimum Gasteiger partial charge on any atom is -0.368 e. The Morgan fingerprint density at radius 3 is 2.58 bits per heavy atom. The number of hydrogen-bond donors (Lipinski definition) is 1. The van der Waals surface area contributed by atoms with Crippen molar-refractivity contribution < 1.29 is 14.3 Å². The van der Waals surface area contributed by atoms with Gasteiger partial charge in [-0.3, -0.25) is 9.59 Å². The number of hydrogen-bond acceptors (Lipinski definition) is 3. The van der Waals surface area contributed by atoms with Gasteiger partial charge in [0.1, 0.15) is 6.10 Å². The average molecular weight is 421 g/mol. The van der Waals surface area contributed by atoms with E-state index in [0.29, 0.717) is 32.5 Å². The molecule has 0 spiro atoms. The summed E-state index contributed by atoms with van der Waals surface area (Å²) in [5.41, 5.74) is 2.79. The molecule has 1 N–H and O–H groups in total. The highest BCUT2D eigenvalue weighted by Crippen LogP contribution is 2.38. The van der Waals surface area contributed by atoms with Gasteiger partial charge in [-0.05, 0) is 56.2 Å². The monoisotopic (exact) mass is 420 g/mol. The highest BCUT2D eigenvalue weighted by molar-refractivity contribution is 5.87. The molecule has 2 aromatic carbocycles. The first kappa shape index (κ1) is 21.6. The molecule has 0 aromatic heterocycles. The molecular formula is C26H32N2O3. The smallest absolute Gasteiger partial charge is 0.251 e.